The van der Waals surface area contributed by atoms with Crippen LogP contribution in [0, 0.1) is 11.6 Å². The number of nitrogens with one attached hydrogen (secondary N) is 1. The van der Waals surface area contributed by atoms with Crippen molar-refractivity contribution in [1.29, 1.82) is 0 Å². The van der Waals surface area contributed by atoms with Gasteiger partial charge in [0.1, 0.15) is 22.2 Å². The molecule has 11 heteroatoms. The van der Waals surface area contributed by atoms with Gasteiger partial charge in [-0.25, -0.2) is 22.2 Å². The van der Waals surface area contributed by atoms with Crippen LogP contribution in [0.4, 0.5) is 14.5 Å². The van der Waals surface area contributed by atoms with Crippen molar-refractivity contribution in [2.45, 2.75) is 10.7 Å². The van der Waals surface area contributed by atoms with E-state index in [1.54, 1.807) is 0 Å². The molecule has 0 aliphatic carbocycles. The van der Waals surface area contributed by atoms with Gasteiger partial charge in [-0.15, -0.1) is 0 Å². The maximum atomic E-state index is 13.8. The number of ether oxygens (including phenoxy) is 1. The molecule has 3 rings (SSSR count). The number of halogens is 2. The molecule has 1 saturated heterocycles. The van der Waals surface area contributed by atoms with E-state index in [9.17, 15) is 17.2 Å². The molecule has 132 valence electrons. The molecule has 7 nitrogen and oxygen atoms in total. The average molecular weight is 370 g/mol. The summed E-state index contributed by atoms with van der Waals surface area (Å²) in [6.07, 6.45) is 1.51. The second-order valence-electron chi connectivity index (χ2n) is 5.27. The van der Waals surface area contributed by atoms with Crippen LogP contribution in [-0.4, -0.2) is 34.6 Å². The summed E-state index contributed by atoms with van der Waals surface area (Å²) in [4.78, 5) is 13.0. The van der Waals surface area contributed by atoms with E-state index in [-0.39, 0.29) is 17.4 Å². The molecule has 1 fully saturated rings. The minimum atomic E-state index is -4.31. The van der Waals surface area contributed by atoms with Crippen molar-refractivity contribution < 1.29 is 31.6 Å². The molecule has 0 radical (unpaired) electrons. The number of aromatic nitrogens is 1. The highest BCUT2D eigenvalue weighted by Crippen LogP contribution is 2.30. The fourth-order valence-electron chi connectivity index (χ4n) is 2.32. The van der Waals surface area contributed by atoms with Crippen LogP contribution in [-0.2, 0) is 19.7 Å². The van der Waals surface area contributed by atoms with Gasteiger partial charge in [-0.2, -0.15) is 0 Å². The molecular weight excluding hydrogens is 357 g/mol. The molecule has 0 bridgehead atoms. The molecule has 0 saturated carbocycles. The van der Waals surface area contributed by atoms with Crippen LogP contribution in [0.15, 0.2) is 35.4 Å². The summed E-state index contributed by atoms with van der Waals surface area (Å²) in [6, 6.07) is 3.70. The van der Waals surface area contributed by atoms with Gasteiger partial charge in [-0.3, -0.25) is 9.61 Å². The maximum Gasteiger partial charge on any atom is 0.333 e. The van der Waals surface area contributed by atoms with Crippen LogP contribution >= 0.6 is 0 Å². The van der Waals surface area contributed by atoms with Crippen molar-refractivity contribution in [3.63, 3.8) is 0 Å². The smallest absolute Gasteiger partial charge is 0.333 e. The van der Waals surface area contributed by atoms with Gasteiger partial charge in [0.25, 0.3) is 10.0 Å². The first-order valence-electron chi connectivity index (χ1n) is 7.17. The van der Waals surface area contributed by atoms with Crippen molar-refractivity contribution in [2.75, 3.05) is 18.4 Å². The van der Waals surface area contributed by atoms with Gasteiger partial charge < -0.3 is 9.54 Å². The fraction of sp³-hybridized carbons (Fsp3) is 0.214. The number of methoxy groups -OCH3 is 1. The highest BCUT2D eigenvalue weighted by molar-refractivity contribution is 7.92. The zero-order valence-corrected chi connectivity index (χ0v) is 13.8. The number of anilines is 1. The predicted octanol–water partition coefficient (Wildman–Crippen LogP) is 1.52. The SMILES string of the molecule is COc1ncc(C2BOOC2)cc1NS(=O)(=O)c1ccc(F)cc1F. The van der Waals surface area contributed by atoms with Crippen LogP contribution in [0.25, 0.3) is 0 Å². The molecule has 1 aliphatic heterocycles. The Morgan fingerprint density at radius 2 is 2.16 bits per heavy atom. The number of pyridine rings is 1. The molecule has 2 heterocycles. The highest BCUT2D eigenvalue weighted by atomic mass is 32.2. The zero-order chi connectivity index (χ0) is 18.0. The van der Waals surface area contributed by atoms with Gasteiger partial charge in [0.15, 0.2) is 0 Å². The minimum Gasteiger partial charge on any atom is -0.480 e. The van der Waals surface area contributed by atoms with Crippen LogP contribution in [0.5, 0.6) is 5.88 Å². The van der Waals surface area contributed by atoms with Crippen LogP contribution in [0.1, 0.15) is 11.4 Å². The minimum absolute atomic E-state index is 0.00896. The summed E-state index contributed by atoms with van der Waals surface area (Å²) in [5.74, 6) is -2.19. The first-order chi connectivity index (χ1) is 11.9. The molecule has 1 aliphatic rings. The van der Waals surface area contributed by atoms with E-state index in [0.29, 0.717) is 25.7 Å². The van der Waals surface area contributed by atoms with E-state index in [1.807, 2.05) is 0 Å². The molecule has 0 amide bonds. The van der Waals surface area contributed by atoms with Crippen LogP contribution in [0.3, 0.4) is 0 Å². The first-order valence-corrected chi connectivity index (χ1v) is 8.65. The predicted molar refractivity (Wildman–Crippen MR) is 84.9 cm³/mol. The van der Waals surface area contributed by atoms with Crippen molar-refractivity contribution >= 4 is 23.2 Å². The molecule has 0 spiro atoms. The Bertz CT molecular complexity index is 891. The Balaban J connectivity index is 1.96. The van der Waals surface area contributed by atoms with Crippen molar-refractivity contribution in [3.05, 3.63) is 47.7 Å². The van der Waals surface area contributed by atoms with Crippen LogP contribution in [0.2, 0.25) is 0 Å². The molecule has 1 aromatic carbocycles. The monoisotopic (exact) mass is 370 g/mol. The Kier molecular flexibility index (Phi) is 4.88. The summed E-state index contributed by atoms with van der Waals surface area (Å²) in [7, 11) is -2.69. The topological polar surface area (TPSA) is 86.8 Å². The van der Waals surface area contributed by atoms with Gasteiger partial charge in [0.2, 0.25) is 5.88 Å². The fourth-order valence-corrected chi connectivity index (χ4v) is 3.43. The Hall–Kier alpha value is -2.24. The third-order valence-electron chi connectivity index (χ3n) is 3.59. The Labute approximate surface area is 143 Å². The lowest BCUT2D eigenvalue weighted by molar-refractivity contribution is -0.183. The normalized spacial score (nSPS) is 17.2. The van der Waals surface area contributed by atoms with E-state index in [2.05, 4.69) is 9.71 Å². The zero-order valence-electron chi connectivity index (χ0n) is 13.0. The van der Waals surface area contributed by atoms with Gasteiger partial charge in [0.05, 0.1) is 13.7 Å². The number of nitrogens with zero attached hydrogens (tertiary/aromatic N) is 1. The van der Waals surface area contributed by atoms with Gasteiger partial charge in [-0.1, -0.05) is 0 Å². The summed E-state index contributed by atoms with van der Waals surface area (Å²) >= 11 is 0. The quantitative estimate of drug-likeness (QED) is 0.635. The lowest BCUT2D eigenvalue weighted by Crippen LogP contribution is -2.16. The first kappa shape index (κ1) is 17.6. The number of sulfonamides is 1. The molecule has 1 atom stereocenters. The molecular formula is C14H13BF2N2O5S. The van der Waals surface area contributed by atoms with E-state index in [4.69, 9.17) is 14.4 Å². The van der Waals surface area contributed by atoms with Crippen molar-refractivity contribution in [3.8, 4) is 5.88 Å². The molecule has 1 unspecified atom stereocenters. The molecule has 1 N–H and O–H groups in total. The Morgan fingerprint density at radius 3 is 2.80 bits per heavy atom. The van der Waals surface area contributed by atoms with Gasteiger partial charge >= 0.3 is 7.48 Å². The molecule has 2 aromatic rings. The van der Waals surface area contributed by atoms with E-state index in [0.717, 1.165) is 12.1 Å². The summed E-state index contributed by atoms with van der Waals surface area (Å²) in [6.45, 7) is 0.298. The molecule has 25 heavy (non-hydrogen) atoms. The number of hydrogen-bond donors (Lipinski definition) is 1. The second kappa shape index (κ2) is 6.94. The number of rotatable bonds is 5. The summed E-state index contributed by atoms with van der Waals surface area (Å²) in [5, 5.41) is 0. The van der Waals surface area contributed by atoms with Crippen molar-refractivity contribution in [1.82, 2.24) is 4.98 Å². The third-order valence-corrected chi connectivity index (χ3v) is 4.99. The standard InChI is InChI=1S/C14H13BF2N2O5S/c1-22-14-12(4-8(6-18-14)10-7-23-24-15-10)19-25(20,21)13-3-2-9(16)5-11(13)17/h2-6,10,15,19H,7H2,1H3. The number of hydrogen-bond acceptors (Lipinski definition) is 6. The largest absolute Gasteiger partial charge is 0.480 e. The summed E-state index contributed by atoms with van der Waals surface area (Å²) in [5.41, 5.74) is 0.686. The van der Waals surface area contributed by atoms with Crippen molar-refractivity contribution in [2.24, 2.45) is 0 Å². The average Bonchev–Trinajstić information content (AvgIpc) is 3.08. The number of benzene rings is 1. The third kappa shape index (κ3) is 3.73. The molecule has 1 aromatic heterocycles. The lowest BCUT2D eigenvalue weighted by atomic mass is 9.77. The van der Waals surface area contributed by atoms with E-state index in [1.165, 1.54) is 19.4 Å². The van der Waals surface area contributed by atoms with Gasteiger partial charge in [0, 0.05) is 18.1 Å². The maximum absolute atomic E-state index is 13.8. The summed E-state index contributed by atoms with van der Waals surface area (Å²) < 4.78 is 58.9. The van der Waals surface area contributed by atoms with Crippen LogP contribution < -0.4 is 9.46 Å². The van der Waals surface area contributed by atoms with Gasteiger partial charge in [-0.05, 0) is 23.8 Å². The second-order valence-corrected chi connectivity index (χ2v) is 6.92. The van der Waals surface area contributed by atoms with E-state index >= 15 is 0 Å². The van der Waals surface area contributed by atoms with E-state index < -0.39 is 26.6 Å². The highest BCUT2D eigenvalue weighted by Gasteiger charge is 2.26. The Morgan fingerprint density at radius 1 is 1.36 bits per heavy atom. The lowest BCUT2D eigenvalue weighted by Gasteiger charge is -2.14.